The number of benzene rings is 2. The normalized spacial score (nSPS) is 18.5. The monoisotopic (exact) mass is 780 g/mol. The van der Waals surface area contributed by atoms with Gasteiger partial charge in [-0.2, -0.15) is 0 Å². The molecule has 0 bridgehead atoms. The second-order valence-electron chi connectivity index (χ2n) is 14.1. The number of phenolic OH excluding ortho intramolecular Hbond substituents is 3. The van der Waals surface area contributed by atoms with Crippen LogP contribution in [0, 0.1) is 0 Å². The topological polar surface area (TPSA) is 332 Å². The molecule has 20 nitrogen and oxygen atoms in total. The molecule has 8 atom stereocenters. The number of carbonyl (C=O) groups is 5. The Morgan fingerprint density at radius 1 is 0.873 bits per heavy atom. The zero-order valence-electron chi connectivity index (χ0n) is 30.7. The van der Waals surface area contributed by atoms with Gasteiger partial charge in [0.25, 0.3) is 0 Å². The number of hydrogen-bond acceptors (Lipinski definition) is 14. The highest BCUT2D eigenvalue weighted by molar-refractivity contribution is 5.95. The molecular weight excluding hydrogens is 728 g/mol. The van der Waals surface area contributed by atoms with Crippen LogP contribution in [0.5, 0.6) is 17.2 Å². The molecule has 3 rings (SSSR count). The third kappa shape index (κ3) is 12.2. The number of esters is 1. The molecule has 0 saturated carbocycles. The van der Waals surface area contributed by atoms with Crippen molar-refractivity contribution in [3.63, 3.8) is 0 Å². The summed E-state index contributed by atoms with van der Waals surface area (Å²) < 4.78 is 5.29. The van der Waals surface area contributed by atoms with Gasteiger partial charge in [0, 0.05) is 24.5 Å². The number of quaternary nitrogens is 2. The van der Waals surface area contributed by atoms with Gasteiger partial charge in [-0.3, -0.25) is 23.7 Å². The largest absolute Gasteiger partial charge is 0.507 e. The summed E-state index contributed by atoms with van der Waals surface area (Å²) in [5.41, 5.74) is 4.97. The number of aromatic hydroxyl groups is 3. The predicted octanol–water partition coefficient (Wildman–Crippen LogP) is -4.80. The van der Waals surface area contributed by atoms with E-state index >= 15 is 0 Å². The van der Waals surface area contributed by atoms with Crippen LogP contribution in [0.3, 0.4) is 0 Å². The molecule has 0 saturated heterocycles. The minimum Gasteiger partial charge on any atom is -0.507 e. The molecule has 0 spiro atoms. The number of ether oxygens (including phenoxy) is 1. The summed E-state index contributed by atoms with van der Waals surface area (Å²) in [5, 5.41) is 90.0. The number of nitrogens with one attached hydrogen (secondary N) is 4. The number of amides is 4. The fraction of sp³-hybridized carbons (Fsp3) is 0.514. The van der Waals surface area contributed by atoms with Crippen molar-refractivity contribution in [3.05, 3.63) is 47.5 Å². The highest BCUT2D eigenvalue weighted by atomic mass is 16.5. The van der Waals surface area contributed by atoms with Gasteiger partial charge in [0.15, 0.2) is 11.5 Å². The summed E-state index contributed by atoms with van der Waals surface area (Å²) in [4.78, 5) is 64.1. The van der Waals surface area contributed by atoms with Crippen LogP contribution in [0.25, 0.3) is 0 Å². The second kappa shape index (κ2) is 19.5. The Hall–Kier alpha value is -5.09. The number of carbonyl (C=O) groups excluding carboxylic acids is 5. The van der Waals surface area contributed by atoms with Gasteiger partial charge in [-0.25, -0.2) is 4.79 Å². The summed E-state index contributed by atoms with van der Waals surface area (Å²) >= 11 is 0. The van der Waals surface area contributed by atoms with E-state index < -0.39 is 104 Å². The van der Waals surface area contributed by atoms with E-state index in [0.29, 0.717) is 12.1 Å². The van der Waals surface area contributed by atoms with Crippen molar-refractivity contribution >= 4 is 35.3 Å². The molecule has 20 heteroatoms. The minimum atomic E-state index is -1.70. The van der Waals surface area contributed by atoms with E-state index in [4.69, 9.17) is 4.74 Å². The summed E-state index contributed by atoms with van der Waals surface area (Å²) in [6.07, 6.45) is -5.15. The lowest BCUT2D eigenvalue weighted by Gasteiger charge is -2.39. The average molecular weight is 781 g/mol. The Kier molecular flexibility index (Phi) is 15.7. The first kappa shape index (κ1) is 44.3. The minimum absolute atomic E-state index is 0.0984. The van der Waals surface area contributed by atoms with Crippen molar-refractivity contribution in [2.24, 2.45) is 0 Å². The van der Waals surface area contributed by atoms with Crippen molar-refractivity contribution in [1.29, 1.82) is 0 Å². The molecule has 1 heterocycles. The molecule has 4 unspecified atom stereocenters. The standard InChI is InChI=1S/C35H50N6O14/c1-17(44)31(40-30(50)11-20(45)10-27(47)22(36)16-55-35(54)21-6-4-5-7-26(21)46)34(53)39-24(15-43)33(52)38-23(14-42)32(51)37-19-8-18-9-28(48)29(49)12-25(18)41(2,3)13-19/h4-7,9,12,17,19-20,22-24,27,31,42-45,47H,8,10-11,13-16,36H2,1-3H3,(H6-,37,38,39,40,46,48,49,50,51,52,53,54)/p+2/t17-,19?,20?,22?,23+,24-,27?,31+/m1/s1. The highest BCUT2D eigenvalue weighted by Gasteiger charge is 2.37. The Morgan fingerprint density at radius 3 is 2.09 bits per heavy atom. The first-order valence-corrected chi connectivity index (χ1v) is 17.4. The lowest BCUT2D eigenvalue weighted by molar-refractivity contribution is -0.443. The van der Waals surface area contributed by atoms with Gasteiger partial charge in [-0.05, 0) is 25.1 Å². The Bertz CT molecular complexity index is 1690. The van der Waals surface area contributed by atoms with Crippen LogP contribution in [-0.4, -0.2) is 159 Å². The first-order chi connectivity index (χ1) is 25.8. The summed E-state index contributed by atoms with van der Waals surface area (Å²) in [6, 6.07) is 2.13. The zero-order valence-corrected chi connectivity index (χ0v) is 30.7. The van der Waals surface area contributed by atoms with E-state index in [-0.39, 0.29) is 40.3 Å². The Balaban J connectivity index is 1.51. The highest BCUT2D eigenvalue weighted by Crippen LogP contribution is 2.38. The number of likely N-dealkylation sites (N-methyl/N-ethyl adjacent to an activating group) is 1. The average Bonchev–Trinajstić information content (AvgIpc) is 3.10. The SMILES string of the molecule is C[C@@H](O)[C@H](NC(=O)CC(O)CC(O)C([NH3+])COC(=O)c1ccccc1O)C(=O)N[C@H](CO)C(=O)N[C@@H](CO)C(=O)NC1Cc2cc(O)c(O)cc2[N+](C)(C)C1. The van der Waals surface area contributed by atoms with Crippen LogP contribution in [-0.2, 0) is 30.3 Å². The summed E-state index contributed by atoms with van der Waals surface area (Å²) in [5.74, 6) is -5.70. The molecule has 0 aromatic heterocycles. The van der Waals surface area contributed by atoms with Crippen molar-refractivity contribution in [3.8, 4) is 17.2 Å². The van der Waals surface area contributed by atoms with Gasteiger partial charge < -0.3 is 72.6 Å². The van der Waals surface area contributed by atoms with Crippen LogP contribution in [0.1, 0.15) is 35.7 Å². The molecule has 1 aliphatic heterocycles. The first-order valence-electron chi connectivity index (χ1n) is 17.4. The number of hydrogen-bond donors (Lipinski definition) is 13. The predicted molar refractivity (Wildman–Crippen MR) is 192 cm³/mol. The molecule has 1 aliphatic rings. The number of nitrogens with zero attached hydrogens (tertiary/aromatic N) is 1. The second-order valence-corrected chi connectivity index (χ2v) is 14.1. The molecule has 4 amide bonds. The molecule has 0 fully saturated rings. The molecule has 15 N–H and O–H groups in total. The van der Waals surface area contributed by atoms with E-state index in [9.17, 15) is 64.8 Å². The number of rotatable bonds is 18. The van der Waals surface area contributed by atoms with Crippen molar-refractivity contribution in [2.75, 3.05) is 40.5 Å². The van der Waals surface area contributed by atoms with E-state index in [1.165, 1.54) is 36.4 Å². The van der Waals surface area contributed by atoms with Crippen LogP contribution in [0.4, 0.5) is 5.69 Å². The van der Waals surface area contributed by atoms with E-state index in [1.807, 2.05) is 14.1 Å². The molecule has 2 aromatic carbocycles. The van der Waals surface area contributed by atoms with Gasteiger partial charge in [0.2, 0.25) is 23.6 Å². The van der Waals surface area contributed by atoms with Gasteiger partial charge >= 0.3 is 5.97 Å². The number of para-hydroxylation sites is 1. The fourth-order valence-electron chi connectivity index (χ4n) is 6.06. The molecule has 55 heavy (non-hydrogen) atoms. The Morgan fingerprint density at radius 2 is 1.47 bits per heavy atom. The van der Waals surface area contributed by atoms with E-state index in [2.05, 4.69) is 27.0 Å². The van der Waals surface area contributed by atoms with Gasteiger partial charge in [0.1, 0.15) is 60.4 Å². The van der Waals surface area contributed by atoms with Gasteiger partial charge in [-0.15, -0.1) is 0 Å². The van der Waals surface area contributed by atoms with Crippen LogP contribution >= 0.6 is 0 Å². The zero-order chi connectivity index (χ0) is 41.2. The molecule has 304 valence electrons. The van der Waals surface area contributed by atoms with E-state index in [1.54, 1.807) is 0 Å². The molecular formula is C35H52N6O14+2. The third-order valence-corrected chi connectivity index (χ3v) is 9.06. The number of fused-ring (bicyclic) bond motifs is 1. The lowest BCUT2D eigenvalue weighted by atomic mass is 9.95. The number of aliphatic hydroxyl groups is 5. The smallest absolute Gasteiger partial charge is 0.342 e. The van der Waals surface area contributed by atoms with Gasteiger partial charge in [0.05, 0.1) is 52.0 Å². The quantitative estimate of drug-likeness (QED) is 0.0384. The van der Waals surface area contributed by atoms with Crippen molar-refractivity contribution in [2.45, 2.75) is 74.7 Å². The molecule has 0 radical (unpaired) electrons. The van der Waals surface area contributed by atoms with Crippen LogP contribution < -0.4 is 31.5 Å². The van der Waals surface area contributed by atoms with Crippen LogP contribution in [0.15, 0.2) is 36.4 Å². The molecule has 2 aromatic rings. The summed E-state index contributed by atoms with van der Waals surface area (Å²) in [6.45, 7) is -0.718. The Labute approximate surface area is 316 Å². The fourth-order valence-corrected chi connectivity index (χ4v) is 6.06. The third-order valence-electron chi connectivity index (χ3n) is 9.06. The molecule has 0 aliphatic carbocycles. The van der Waals surface area contributed by atoms with E-state index in [0.717, 1.165) is 12.6 Å². The number of aliphatic hydroxyl groups excluding tert-OH is 5. The maximum atomic E-state index is 13.1. The maximum absolute atomic E-state index is 13.1. The van der Waals surface area contributed by atoms with Gasteiger partial charge in [-0.1, -0.05) is 12.1 Å². The lowest BCUT2D eigenvalue weighted by Crippen LogP contribution is -2.69. The van der Waals surface area contributed by atoms with Crippen molar-refractivity contribution in [1.82, 2.24) is 25.8 Å². The van der Waals surface area contributed by atoms with Crippen LogP contribution in [0.2, 0.25) is 0 Å². The van der Waals surface area contributed by atoms with Crippen molar-refractivity contribution < 1.29 is 75.3 Å². The number of phenols is 3. The maximum Gasteiger partial charge on any atom is 0.342 e. The summed E-state index contributed by atoms with van der Waals surface area (Å²) in [7, 11) is 3.65.